The van der Waals surface area contributed by atoms with Gasteiger partial charge in [-0.3, -0.25) is 4.79 Å². The number of anilines is 1. The standard InChI is InChI=1S/C22H25FN6O3/c1-13-19(22(2,3)31)26-21(32-13)28-11-14-9-27(10-15(14)12-28)20(30)17-5-4-16(23)8-18(17)29-24-6-7-25-29/h4-8,14-15,31H,9-12H2,1-3H3. The van der Waals surface area contributed by atoms with Gasteiger partial charge in [0.25, 0.3) is 11.9 Å². The second kappa shape index (κ2) is 7.40. The van der Waals surface area contributed by atoms with Crippen molar-refractivity contribution in [1.82, 2.24) is 24.9 Å². The molecule has 2 aliphatic heterocycles. The minimum Gasteiger partial charge on any atom is -0.429 e. The fourth-order valence-corrected chi connectivity index (χ4v) is 4.76. The van der Waals surface area contributed by atoms with E-state index in [1.54, 1.807) is 20.8 Å². The van der Waals surface area contributed by atoms with Gasteiger partial charge in [-0.05, 0) is 32.9 Å². The van der Waals surface area contributed by atoms with E-state index in [9.17, 15) is 14.3 Å². The van der Waals surface area contributed by atoms with Crippen molar-refractivity contribution < 1.29 is 18.7 Å². The maximum atomic E-state index is 13.8. The molecule has 2 aromatic heterocycles. The molecule has 0 radical (unpaired) electrons. The van der Waals surface area contributed by atoms with Crippen molar-refractivity contribution in [1.29, 1.82) is 0 Å². The molecular formula is C22H25FN6O3. The number of amides is 1. The van der Waals surface area contributed by atoms with E-state index in [1.807, 2.05) is 4.90 Å². The molecule has 4 heterocycles. The van der Waals surface area contributed by atoms with Gasteiger partial charge in [-0.25, -0.2) is 4.39 Å². The van der Waals surface area contributed by atoms with E-state index < -0.39 is 11.4 Å². The molecule has 2 atom stereocenters. The molecule has 0 spiro atoms. The Hall–Kier alpha value is -3.27. The van der Waals surface area contributed by atoms with Crippen LogP contribution in [0.5, 0.6) is 0 Å². The molecule has 5 rings (SSSR count). The van der Waals surface area contributed by atoms with Crippen LogP contribution in [0.2, 0.25) is 0 Å². The van der Waals surface area contributed by atoms with Gasteiger partial charge in [0, 0.05) is 44.1 Å². The minimum absolute atomic E-state index is 0.158. The molecule has 3 aromatic rings. The number of nitrogens with zero attached hydrogens (tertiary/aromatic N) is 6. The number of benzene rings is 1. The third kappa shape index (κ3) is 3.54. The van der Waals surface area contributed by atoms with Crippen molar-refractivity contribution >= 4 is 11.9 Å². The first-order chi connectivity index (χ1) is 15.2. The van der Waals surface area contributed by atoms with E-state index in [0.717, 1.165) is 13.1 Å². The van der Waals surface area contributed by atoms with Crippen LogP contribution in [-0.4, -0.2) is 62.1 Å². The number of aromatic nitrogens is 4. The van der Waals surface area contributed by atoms with Crippen molar-refractivity contribution in [3.63, 3.8) is 0 Å². The summed E-state index contributed by atoms with van der Waals surface area (Å²) in [4.78, 5) is 23.0. The summed E-state index contributed by atoms with van der Waals surface area (Å²) in [5.74, 6) is 0.563. The first kappa shape index (κ1) is 20.6. The summed E-state index contributed by atoms with van der Waals surface area (Å²) in [6.07, 6.45) is 2.98. The van der Waals surface area contributed by atoms with Crippen LogP contribution in [-0.2, 0) is 5.60 Å². The van der Waals surface area contributed by atoms with Crippen molar-refractivity contribution in [2.45, 2.75) is 26.4 Å². The van der Waals surface area contributed by atoms with Gasteiger partial charge in [0.15, 0.2) is 0 Å². The fourth-order valence-electron chi connectivity index (χ4n) is 4.76. The number of halogens is 1. The summed E-state index contributed by atoms with van der Waals surface area (Å²) in [6.45, 7) is 7.81. The molecule has 32 heavy (non-hydrogen) atoms. The largest absolute Gasteiger partial charge is 0.429 e. The lowest BCUT2D eigenvalue weighted by molar-refractivity contribution is 0.0727. The Labute approximate surface area is 184 Å². The number of likely N-dealkylation sites (tertiary alicyclic amines) is 1. The number of carbonyl (C=O) groups is 1. The highest BCUT2D eigenvalue weighted by molar-refractivity contribution is 5.98. The first-order valence-electron chi connectivity index (χ1n) is 10.6. The Bertz CT molecular complexity index is 1140. The monoisotopic (exact) mass is 440 g/mol. The van der Waals surface area contributed by atoms with Gasteiger partial charge in [0.05, 0.1) is 18.0 Å². The molecule has 0 bridgehead atoms. The van der Waals surface area contributed by atoms with E-state index in [2.05, 4.69) is 20.1 Å². The summed E-state index contributed by atoms with van der Waals surface area (Å²) < 4.78 is 19.7. The van der Waals surface area contributed by atoms with Crippen LogP contribution in [0.3, 0.4) is 0 Å². The SMILES string of the molecule is Cc1oc(N2CC3CN(C(=O)c4ccc(F)cc4-n4nccn4)CC3C2)nc1C(C)(C)O. The van der Waals surface area contributed by atoms with Crippen molar-refractivity contribution in [3.05, 3.63) is 53.4 Å². The first-order valence-corrected chi connectivity index (χ1v) is 10.6. The Morgan fingerprint density at radius 3 is 2.41 bits per heavy atom. The summed E-state index contributed by atoms with van der Waals surface area (Å²) in [7, 11) is 0. The third-order valence-corrected chi connectivity index (χ3v) is 6.23. The van der Waals surface area contributed by atoms with Crippen LogP contribution in [0.25, 0.3) is 5.69 Å². The van der Waals surface area contributed by atoms with Crippen LogP contribution < -0.4 is 4.90 Å². The summed E-state index contributed by atoms with van der Waals surface area (Å²) in [6, 6.07) is 4.56. The van der Waals surface area contributed by atoms with Crippen LogP contribution >= 0.6 is 0 Å². The molecular weight excluding hydrogens is 415 g/mol. The molecule has 168 valence electrons. The van der Waals surface area contributed by atoms with Crippen molar-refractivity contribution in [2.24, 2.45) is 11.8 Å². The van der Waals surface area contributed by atoms with Crippen LogP contribution in [0, 0.1) is 24.6 Å². The molecule has 2 fully saturated rings. The van der Waals surface area contributed by atoms with Gasteiger partial charge in [-0.2, -0.15) is 20.0 Å². The molecule has 2 unspecified atom stereocenters. The Morgan fingerprint density at radius 2 is 1.81 bits per heavy atom. The molecule has 0 aliphatic carbocycles. The number of carbonyl (C=O) groups excluding carboxylic acids is 1. The van der Waals surface area contributed by atoms with Crippen LogP contribution in [0.4, 0.5) is 10.4 Å². The quantitative estimate of drug-likeness (QED) is 0.663. The van der Waals surface area contributed by atoms with Gasteiger partial charge >= 0.3 is 0 Å². The molecule has 9 nitrogen and oxygen atoms in total. The van der Waals surface area contributed by atoms with Gasteiger partial charge in [-0.1, -0.05) is 0 Å². The molecule has 2 aliphatic rings. The van der Waals surface area contributed by atoms with Crippen molar-refractivity contribution in [3.8, 4) is 5.69 Å². The Balaban J connectivity index is 1.31. The number of oxazole rings is 1. The minimum atomic E-state index is -1.07. The molecule has 0 saturated carbocycles. The highest BCUT2D eigenvalue weighted by Gasteiger charge is 2.43. The van der Waals surface area contributed by atoms with E-state index >= 15 is 0 Å². The molecule has 1 aromatic carbocycles. The number of rotatable bonds is 4. The average molecular weight is 440 g/mol. The number of aliphatic hydroxyl groups is 1. The van der Waals surface area contributed by atoms with E-state index in [0.29, 0.717) is 41.8 Å². The summed E-state index contributed by atoms with van der Waals surface area (Å²) in [5, 5.41) is 18.4. The fraction of sp³-hybridized carbons (Fsp3) is 0.455. The van der Waals surface area contributed by atoms with Crippen LogP contribution in [0.1, 0.15) is 35.7 Å². The lowest BCUT2D eigenvalue weighted by Gasteiger charge is -2.22. The lowest BCUT2D eigenvalue weighted by Crippen LogP contribution is -2.34. The van der Waals surface area contributed by atoms with Gasteiger partial charge in [0.2, 0.25) is 0 Å². The van der Waals surface area contributed by atoms with Crippen LogP contribution in [0.15, 0.2) is 35.0 Å². The highest BCUT2D eigenvalue weighted by atomic mass is 19.1. The number of fused-ring (bicyclic) bond motifs is 1. The molecule has 10 heteroatoms. The van der Waals surface area contributed by atoms with Gasteiger partial charge < -0.3 is 19.3 Å². The number of aryl methyl sites for hydroxylation is 1. The Kier molecular flexibility index (Phi) is 4.77. The predicted molar refractivity (Wildman–Crippen MR) is 113 cm³/mol. The summed E-state index contributed by atoms with van der Waals surface area (Å²) in [5.41, 5.74) is 0.170. The van der Waals surface area contributed by atoms with E-state index in [-0.39, 0.29) is 17.7 Å². The molecule has 1 N–H and O–H groups in total. The lowest BCUT2D eigenvalue weighted by atomic mass is 10.0. The normalized spacial score (nSPS) is 20.8. The maximum Gasteiger partial charge on any atom is 0.297 e. The third-order valence-electron chi connectivity index (χ3n) is 6.23. The maximum absolute atomic E-state index is 13.8. The second-order valence-electron chi connectivity index (χ2n) is 9.08. The van der Waals surface area contributed by atoms with Gasteiger partial charge in [0.1, 0.15) is 28.6 Å². The van der Waals surface area contributed by atoms with E-state index in [4.69, 9.17) is 4.42 Å². The van der Waals surface area contributed by atoms with Crippen molar-refractivity contribution in [2.75, 3.05) is 31.1 Å². The zero-order chi connectivity index (χ0) is 22.6. The second-order valence-corrected chi connectivity index (χ2v) is 9.08. The van der Waals surface area contributed by atoms with Gasteiger partial charge in [-0.15, -0.1) is 0 Å². The number of hydrogen-bond acceptors (Lipinski definition) is 7. The molecule has 2 saturated heterocycles. The molecule has 1 amide bonds. The zero-order valence-electron chi connectivity index (χ0n) is 18.2. The smallest absolute Gasteiger partial charge is 0.297 e. The topological polar surface area (TPSA) is 101 Å². The predicted octanol–water partition coefficient (Wildman–Crippen LogP) is 2.14. The van der Waals surface area contributed by atoms with E-state index in [1.165, 1.54) is 35.4 Å². The number of hydrogen-bond donors (Lipinski definition) is 1. The average Bonchev–Trinajstić information content (AvgIpc) is 3.49. The Morgan fingerprint density at radius 1 is 1.16 bits per heavy atom. The zero-order valence-corrected chi connectivity index (χ0v) is 18.2. The summed E-state index contributed by atoms with van der Waals surface area (Å²) >= 11 is 0. The highest BCUT2D eigenvalue weighted by Crippen LogP contribution is 2.36.